The molecule has 1 fully saturated rings. The van der Waals surface area contributed by atoms with Gasteiger partial charge in [0.2, 0.25) is 0 Å². The molecule has 0 saturated carbocycles. The lowest BCUT2D eigenvalue weighted by molar-refractivity contribution is 0.0733. The fourth-order valence-electron chi connectivity index (χ4n) is 1.75. The van der Waals surface area contributed by atoms with Crippen LogP contribution in [0.2, 0.25) is 0 Å². The Labute approximate surface area is 89.2 Å². The van der Waals surface area contributed by atoms with Gasteiger partial charge in [-0.1, -0.05) is 0 Å². The highest BCUT2D eigenvalue weighted by Crippen LogP contribution is 2.10. The number of carbonyl (C=O) groups is 1. The predicted molar refractivity (Wildman–Crippen MR) is 56.8 cm³/mol. The fraction of sp³-hybridized carbons (Fsp3) is 0.545. The molecule has 82 valence electrons. The van der Waals surface area contributed by atoms with E-state index < -0.39 is 0 Å². The summed E-state index contributed by atoms with van der Waals surface area (Å²) in [5, 5.41) is 3.26. The minimum Gasteiger partial charge on any atom is -0.456 e. The maximum Gasteiger partial charge on any atom is 0.289 e. The van der Waals surface area contributed by atoms with Gasteiger partial charge in [0.1, 0.15) is 5.76 Å². The average molecular weight is 208 g/mol. The Balaban J connectivity index is 2.06. The molecule has 4 nitrogen and oxygen atoms in total. The van der Waals surface area contributed by atoms with E-state index in [2.05, 4.69) is 5.32 Å². The van der Waals surface area contributed by atoms with Crippen LogP contribution in [0.4, 0.5) is 0 Å². The van der Waals surface area contributed by atoms with Gasteiger partial charge in [-0.25, -0.2) is 0 Å². The molecular weight excluding hydrogens is 192 g/mol. The molecule has 0 spiro atoms. The first-order valence-corrected chi connectivity index (χ1v) is 5.34. The number of aryl methyl sites for hydroxylation is 1. The van der Waals surface area contributed by atoms with Crippen molar-refractivity contribution in [3.63, 3.8) is 0 Å². The van der Waals surface area contributed by atoms with Crippen LogP contribution in [0.25, 0.3) is 0 Å². The molecule has 15 heavy (non-hydrogen) atoms. The van der Waals surface area contributed by atoms with E-state index in [4.69, 9.17) is 4.42 Å². The van der Waals surface area contributed by atoms with E-state index in [1.54, 1.807) is 6.07 Å². The fourth-order valence-corrected chi connectivity index (χ4v) is 1.75. The standard InChI is InChI=1S/C11H16N2O2/c1-9-3-4-10(15-9)11(14)13-7-2-5-12-6-8-13/h3-4,12H,2,5-8H2,1H3. The molecule has 1 aliphatic heterocycles. The van der Waals surface area contributed by atoms with Crippen molar-refractivity contribution in [2.45, 2.75) is 13.3 Å². The molecule has 2 heterocycles. The van der Waals surface area contributed by atoms with Gasteiger partial charge in [0.05, 0.1) is 0 Å². The number of carbonyl (C=O) groups excluding carboxylic acids is 1. The zero-order chi connectivity index (χ0) is 10.7. The van der Waals surface area contributed by atoms with E-state index in [9.17, 15) is 4.79 Å². The summed E-state index contributed by atoms with van der Waals surface area (Å²) in [6.07, 6.45) is 1.01. The third-order valence-electron chi connectivity index (χ3n) is 2.58. The van der Waals surface area contributed by atoms with Gasteiger partial charge in [0.25, 0.3) is 5.91 Å². The first-order chi connectivity index (χ1) is 7.27. The summed E-state index contributed by atoms with van der Waals surface area (Å²) in [6.45, 7) is 5.28. The molecular formula is C11H16N2O2. The minimum atomic E-state index is 0.00630. The highest BCUT2D eigenvalue weighted by Gasteiger charge is 2.19. The molecule has 1 N–H and O–H groups in total. The summed E-state index contributed by atoms with van der Waals surface area (Å²) in [7, 11) is 0. The molecule has 1 aliphatic rings. The number of nitrogens with zero attached hydrogens (tertiary/aromatic N) is 1. The van der Waals surface area contributed by atoms with Gasteiger partial charge in [-0.3, -0.25) is 4.79 Å². The minimum absolute atomic E-state index is 0.00630. The number of nitrogens with one attached hydrogen (secondary N) is 1. The first kappa shape index (κ1) is 10.2. The van der Waals surface area contributed by atoms with Crippen LogP contribution in [0.3, 0.4) is 0 Å². The molecule has 0 aromatic carbocycles. The molecule has 0 atom stereocenters. The van der Waals surface area contributed by atoms with Crippen molar-refractivity contribution in [3.05, 3.63) is 23.7 Å². The molecule has 4 heteroatoms. The van der Waals surface area contributed by atoms with E-state index in [0.29, 0.717) is 5.76 Å². The Morgan fingerprint density at radius 2 is 2.27 bits per heavy atom. The van der Waals surface area contributed by atoms with Gasteiger partial charge in [0.15, 0.2) is 5.76 Å². The highest BCUT2D eigenvalue weighted by molar-refractivity contribution is 5.91. The number of furan rings is 1. The van der Waals surface area contributed by atoms with Crippen molar-refractivity contribution in [2.75, 3.05) is 26.2 Å². The van der Waals surface area contributed by atoms with Gasteiger partial charge < -0.3 is 14.6 Å². The van der Waals surface area contributed by atoms with Crippen LogP contribution < -0.4 is 5.32 Å². The van der Waals surface area contributed by atoms with Gasteiger partial charge in [0, 0.05) is 19.6 Å². The molecule has 1 amide bonds. The Bertz CT molecular complexity index is 338. The Morgan fingerprint density at radius 1 is 1.40 bits per heavy atom. The summed E-state index contributed by atoms with van der Waals surface area (Å²) < 4.78 is 5.33. The third kappa shape index (κ3) is 2.39. The molecule has 0 radical (unpaired) electrons. The maximum absolute atomic E-state index is 12.0. The molecule has 2 rings (SSSR count). The molecule has 0 aliphatic carbocycles. The zero-order valence-electron chi connectivity index (χ0n) is 8.95. The van der Waals surface area contributed by atoms with Gasteiger partial charge in [-0.15, -0.1) is 0 Å². The third-order valence-corrected chi connectivity index (χ3v) is 2.58. The van der Waals surface area contributed by atoms with Crippen molar-refractivity contribution >= 4 is 5.91 Å². The van der Waals surface area contributed by atoms with E-state index >= 15 is 0 Å². The summed E-state index contributed by atoms with van der Waals surface area (Å²) in [5.41, 5.74) is 0. The topological polar surface area (TPSA) is 45.5 Å². The van der Waals surface area contributed by atoms with Crippen molar-refractivity contribution in [1.29, 1.82) is 0 Å². The zero-order valence-corrected chi connectivity index (χ0v) is 8.95. The summed E-state index contributed by atoms with van der Waals surface area (Å²) in [4.78, 5) is 13.8. The van der Waals surface area contributed by atoms with Gasteiger partial charge in [-0.2, -0.15) is 0 Å². The normalized spacial score (nSPS) is 17.5. The van der Waals surface area contributed by atoms with Crippen molar-refractivity contribution in [3.8, 4) is 0 Å². The number of amides is 1. The second-order valence-electron chi connectivity index (χ2n) is 3.81. The molecule has 1 saturated heterocycles. The average Bonchev–Trinajstić information content (AvgIpc) is 2.53. The Hall–Kier alpha value is -1.29. The first-order valence-electron chi connectivity index (χ1n) is 5.34. The SMILES string of the molecule is Cc1ccc(C(=O)N2CCCNCC2)o1. The monoisotopic (exact) mass is 208 g/mol. The number of hydrogen-bond acceptors (Lipinski definition) is 3. The van der Waals surface area contributed by atoms with E-state index in [1.165, 1.54) is 0 Å². The van der Waals surface area contributed by atoms with Crippen molar-refractivity contribution in [2.24, 2.45) is 0 Å². The van der Waals surface area contributed by atoms with Crippen LogP contribution in [-0.4, -0.2) is 37.0 Å². The van der Waals surface area contributed by atoms with Crippen LogP contribution in [0, 0.1) is 6.92 Å². The van der Waals surface area contributed by atoms with E-state index in [1.807, 2.05) is 17.9 Å². The van der Waals surface area contributed by atoms with Gasteiger partial charge >= 0.3 is 0 Å². The van der Waals surface area contributed by atoms with Crippen LogP contribution in [-0.2, 0) is 0 Å². The lowest BCUT2D eigenvalue weighted by Gasteiger charge is -2.18. The second kappa shape index (κ2) is 4.49. The van der Waals surface area contributed by atoms with Crippen LogP contribution in [0.1, 0.15) is 22.7 Å². The molecule has 1 aromatic heterocycles. The lowest BCUT2D eigenvalue weighted by Crippen LogP contribution is -2.33. The Morgan fingerprint density at radius 3 is 3.00 bits per heavy atom. The number of hydrogen-bond donors (Lipinski definition) is 1. The second-order valence-corrected chi connectivity index (χ2v) is 3.81. The summed E-state index contributed by atoms with van der Waals surface area (Å²) in [5.74, 6) is 1.24. The smallest absolute Gasteiger partial charge is 0.289 e. The predicted octanol–water partition coefficient (Wildman–Crippen LogP) is 1.02. The largest absolute Gasteiger partial charge is 0.456 e. The highest BCUT2D eigenvalue weighted by atomic mass is 16.3. The van der Waals surface area contributed by atoms with Crippen LogP contribution >= 0.6 is 0 Å². The molecule has 0 bridgehead atoms. The van der Waals surface area contributed by atoms with Crippen molar-refractivity contribution < 1.29 is 9.21 Å². The van der Waals surface area contributed by atoms with E-state index in [0.717, 1.165) is 38.4 Å². The maximum atomic E-state index is 12.0. The molecule has 1 aromatic rings. The van der Waals surface area contributed by atoms with Crippen LogP contribution in [0.5, 0.6) is 0 Å². The lowest BCUT2D eigenvalue weighted by atomic mass is 10.3. The summed E-state index contributed by atoms with van der Waals surface area (Å²) in [6, 6.07) is 3.57. The molecule has 0 unspecified atom stereocenters. The Kier molecular flexibility index (Phi) is 3.06. The van der Waals surface area contributed by atoms with E-state index in [-0.39, 0.29) is 5.91 Å². The van der Waals surface area contributed by atoms with Gasteiger partial charge in [-0.05, 0) is 32.0 Å². The number of rotatable bonds is 1. The van der Waals surface area contributed by atoms with Crippen molar-refractivity contribution in [1.82, 2.24) is 10.2 Å². The quantitative estimate of drug-likeness (QED) is 0.749. The van der Waals surface area contributed by atoms with Crippen LogP contribution in [0.15, 0.2) is 16.5 Å². The summed E-state index contributed by atoms with van der Waals surface area (Å²) >= 11 is 0.